The summed E-state index contributed by atoms with van der Waals surface area (Å²) in [5, 5.41) is 10.8. The molecule has 0 fully saturated rings. The standard InChI is InChI=1S/C10H8N2O/c13-12-6-3-9(4-7-12)10-2-1-5-11-8-10/h1-8H. The lowest BCUT2D eigenvalue weighted by Gasteiger charge is -1.99. The zero-order valence-electron chi connectivity index (χ0n) is 6.92. The molecule has 0 saturated heterocycles. The first-order chi connectivity index (χ1) is 6.36. The maximum atomic E-state index is 10.8. The summed E-state index contributed by atoms with van der Waals surface area (Å²) in [4.78, 5) is 4.00. The number of nitrogens with zero attached hydrogens (tertiary/aromatic N) is 2. The van der Waals surface area contributed by atoms with Gasteiger partial charge >= 0.3 is 0 Å². The van der Waals surface area contributed by atoms with E-state index in [0.29, 0.717) is 0 Å². The van der Waals surface area contributed by atoms with Gasteiger partial charge in [-0.15, -0.1) is 0 Å². The summed E-state index contributed by atoms with van der Waals surface area (Å²) in [7, 11) is 0. The highest BCUT2D eigenvalue weighted by atomic mass is 16.5. The number of pyridine rings is 2. The lowest BCUT2D eigenvalue weighted by Crippen LogP contribution is -2.23. The quantitative estimate of drug-likeness (QED) is 0.481. The fourth-order valence-electron chi connectivity index (χ4n) is 1.14. The molecule has 0 N–H and O–H groups in total. The van der Waals surface area contributed by atoms with Crippen molar-refractivity contribution in [2.45, 2.75) is 0 Å². The van der Waals surface area contributed by atoms with Crippen molar-refractivity contribution in [1.82, 2.24) is 4.98 Å². The third kappa shape index (κ3) is 1.64. The van der Waals surface area contributed by atoms with Crippen molar-refractivity contribution in [3.05, 3.63) is 54.3 Å². The van der Waals surface area contributed by atoms with Crippen LogP contribution in [0.25, 0.3) is 11.1 Å². The molecular weight excluding hydrogens is 164 g/mol. The molecule has 0 amide bonds. The molecule has 64 valence electrons. The summed E-state index contributed by atoms with van der Waals surface area (Å²) in [5.41, 5.74) is 2.02. The van der Waals surface area contributed by atoms with Crippen molar-refractivity contribution in [3.8, 4) is 11.1 Å². The molecule has 2 aromatic rings. The lowest BCUT2D eigenvalue weighted by atomic mass is 10.1. The van der Waals surface area contributed by atoms with Crippen LogP contribution in [0.3, 0.4) is 0 Å². The predicted molar refractivity (Wildman–Crippen MR) is 48.6 cm³/mol. The van der Waals surface area contributed by atoms with Gasteiger partial charge in [-0.25, -0.2) is 0 Å². The van der Waals surface area contributed by atoms with Crippen LogP contribution in [0, 0.1) is 5.21 Å². The number of hydrogen-bond donors (Lipinski definition) is 0. The SMILES string of the molecule is [O-][n+]1ccc(-c2cccnc2)cc1. The van der Waals surface area contributed by atoms with Gasteiger partial charge in [0.05, 0.1) is 0 Å². The van der Waals surface area contributed by atoms with Gasteiger partial charge in [-0.05, 0) is 11.6 Å². The largest absolute Gasteiger partial charge is 0.619 e. The maximum absolute atomic E-state index is 10.8. The van der Waals surface area contributed by atoms with Gasteiger partial charge in [0.15, 0.2) is 12.4 Å². The molecule has 13 heavy (non-hydrogen) atoms. The van der Waals surface area contributed by atoms with Crippen LogP contribution in [0.4, 0.5) is 0 Å². The number of rotatable bonds is 1. The van der Waals surface area contributed by atoms with Gasteiger partial charge in [-0.2, -0.15) is 4.73 Å². The minimum Gasteiger partial charge on any atom is -0.619 e. The molecule has 0 radical (unpaired) electrons. The van der Waals surface area contributed by atoms with Gasteiger partial charge in [0, 0.05) is 30.1 Å². The predicted octanol–water partition coefficient (Wildman–Crippen LogP) is 1.38. The minimum atomic E-state index is 0.764. The van der Waals surface area contributed by atoms with E-state index in [2.05, 4.69) is 4.98 Å². The highest BCUT2D eigenvalue weighted by Gasteiger charge is 1.97. The maximum Gasteiger partial charge on any atom is 0.180 e. The Labute approximate surface area is 75.9 Å². The zero-order valence-corrected chi connectivity index (χ0v) is 6.92. The Morgan fingerprint density at radius 2 is 1.85 bits per heavy atom. The van der Waals surface area contributed by atoms with Crippen molar-refractivity contribution in [2.75, 3.05) is 0 Å². The number of hydrogen-bond acceptors (Lipinski definition) is 2. The molecule has 0 aliphatic carbocycles. The zero-order chi connectivity index (χ0) is 9.10. The molecule has 0 aromatic carbocycles. The van der Waals surface area contributed by atoms with E-state index in [-0.39, 0.29) is 0 Å². The third-order valence-corrected chi connectivity index (χ3v) is 1.80. The van der Waals surface area contributed by atoms with Crippen LogP contribution < -0.4 is 4.73 Å². The first-order valence-electron chi connectivity index (χ1n) is 3.95. The van der Waals surface area contributed by atoms with Crippen molar-refractivity contribution < 1.29 is 4.73 Å². The summed E-state index contributed by atoms with van der Waals surface area (Å²) in [6.45, 7) is 0. The Kier molecular flexibility index (Phi) is 1.92. The first-order valence-corrected chi connectivity index (χ1v) is 3.95. The molecule has 2 rings (SSSR count). The monoisotopic (exact) mass is 172 g/mol. The summed E-state index contributed by atoms with van der Waals surface area (Å²) in [6.07, 6.45) is 6.44. The van der Waals surface area contributed by atoms with E-state index in [4.69, 9.17) is 0 Å². The molecule has 2 heterocycles. The molecule has 0 aliphatic rings. The van der Waals surface area contributed by atoms with Gasteiger partial charge in [0.1, 0.15) is 0 Å². The topological polar surface area (TPSA) is 39.8 Å². The van der Waals surface area contributed by atoms with Gasteiger partial charge in [0.25, 0.3) is 0 Å². The molecule has 0 spiro atoms. The fraction of sp³-hybridized carbons (Fsp3) is 0. The van der Waals surface area contributed by atoms with Crippen molar-refractivity contribution in [2.24, 2.45) is 0 Å². The molecule has 0 saturated carbocycles. The highest BCUT2D eigenvalue weighted by molar-refractivity contribution is 5.60. The summed E-state index contributed by atoms with van der Waals surface area (Å²) < 4.78 is 0.764. The van der Waals surface area contributed by atoms with E-state index in [9.17, 15) is 5.21 Å². The second-order valence-electron chi connectivity index (χ2n) is 2.69. The van der Waals surface area contributed by atoms with Crippen LogP contribution in [0.1, 0.15) is 0 Å². The number of aromatic nitrogens is 2. The summed E-state index contributed by atoms with van der Waals surface area (Å²) >= 11 is 0. The molecule has 0 unspecified atom stereocenters. The normalized spacial score (nSPS) is 9.85. The molecule has 0 aliphatic heterocycles. The van der Waals surface area contributed by atoms with Gasteiger partial charge in [0.2, 0.25) is 0 Å². The van der Waals surface area contributed by atoms with Crippen LogP contribution >= 0.6 is 0 Å². The smallest absolute Gasteiger partial charge is 0.180 e. The van der Waals surface area contributed by atoms with E-state index < -0.39 is 0 Å². The molecule has 3 heteroatoms. The van der Waals surface area contributed by atoms with Gasteiger partial charge in [-0.1, -0.05) is 6.07 Å². The fourth-order valence-corrected chi connectivity index (χ4v) is 1.14. The van der Waals surface area contributed by atoms with Crippen LogP contribution in [0.15, 0.2) is 49.1 Å². The second-order valence-corrected chi connectivity index (χ2v) is 2.69. The van der Waals surface area contributed by atoms with E-state index in [1.165, 1.54) is 12.4 Å². The molecule has 0 bridgehead atoms. The van der Waals surface area contributed by atoms with Crippen LogP contribution in [-0.4, -0.2) is 4.98 Å². The van der Waals surface area contributed by atoms with Crippen LogP contribution in [0.2, 0.25) is 0 Å². The van der Waals surface area contributed by atoms with Crippen molar-refractivity contribution in [3.63, 3.8) is 0 Å². The lowest BCUT2D eigenvalue weighted by molar-refractivity contribution is -0.605. The second kappa shape index (κ2) is 3.23. The van der Waals surface area contributed by atoms with Crippen molar-refractivity contribution >= 4 is 0 Å². The van der Waals surface area contributed by atoms with E-state index >= 15 is 0 Å². The van der Waals surface area contributed by atoms with E-state index in [0.717, 1.165) is 15.9 Å². The van der Waals surface area contributed by atoms with Crippen LogP contribution in [0.5, 0.6) is 0 Å². The van der Waals surface area contributed by atoms with E-state index in [1.54, 1.807) is 24.5 Å². The highest BCUT2D eigenvalue weighted by Crippen LogP contribution is 2.14. The average Bonchev–Trinajstić information content (AvgIpc) is 2.20. The van der Waals surface area contributed by atoms with E-state index in [1.807, 2.05) is 12.1 Å². The Morgan fingerprint density at radius 1 is 1.08 bits per heavy atom. The summed E-state index contributed by atoms with van der Waals surface area (Å²) in [6, 6.07) is 7.36. The minimum absolute atomic E-state index is 0.764. The Balaban J connectivity index is 2.42. The third-order valence-electron chi connectivity index (χ3n) is 1.80. The molecule has 0 atom stereocenters. The van der Waals surface area contributed by atoms with Crippen LogP contribution in [-0.2, 0) is 0 Å². The molecule has 2 aromatic heterocycles. The van der Waals surface area contributed by atoms with Gasteiger partial charge in [-0.3, -0.25) is 4.98 Å². The summed E-state index contributed by atoms with van der Waals surface area (Å²) in [5.74, 6) is 0. The Bertz CT molecular complexity index is 383. The molecule has 3 nitrogen and oxygen atoms in total. The average molecular weight is 172 g/mol. The van der Waals surface area contributed by atoms with Gasteiger partial charge < -0.3 is 5.21 Å². The van der Waals surface area contributed by atoms with Crippen molar-refractivity contribution in [1.29, 1.82) is 0 Å². The Hall–Kier alpha value is -1.90. The molecular formula is C10H8N2O. The Morgan fingerprint density at radius 3 is 2.46 bits per heavy atom. The first kappa shape index (κ1) is 7.73.